The van der Waals surface area contributed by atoms with E-state index < -0.39 is 0 Å². The number of anilines is 5. The molecule has 2 aliphatic carbocycles. The highest BCUT2D eigenvalue weighted by molar-refractivity contribution is 5.80. The number of fused-ring (bicyclic) bond motifs is 1. The SMILES string of the molecule is C=C1CCCC/C=C\C=C/1N(c1ccc(C)cc1)c1ccc(-c2ccc(-c3ccc(N(c4ccc(C)cc4)c4ccc5c(c4)CCC5)cc3)cc2)cc1. The van der Waals surface area contributed by atoms with Gasteiger partial charge in [-0.15, -0.1) is 0 Å². The van der Waals surface area contributed by atoms with Gasteiger partial charge in [-0.25, -0.2) is 0 Å². The summed E-state index contributed by atoms with van der Waals surface area (Å²) in [5.74, 6) is 0. The normalized spacial score (nSPS) is 15.7. The molecule has 2 heteroatoms. The van der Waals surface area contributed by atoms with E-state index in [-0.39, 0.29) is 0 Å². The predicted octanol–water partition coefficient (Wildman–Crippen LogP) is 14.3. The lowest BCUT2D eigenvalue weighted by atomic mass is 9.99. The lowest BCUT2D eigenvalue weighted by Gasteiger charge is -2.29. The number of hydrogen-bond acceptors (Lipinski definition) is 2. The number of rotatable bonds is 8. The Bertz CT molecular complexity index is 2250. The lowest BCUT2D eigenvalue weighted by Crippen LogP contribution is -2.18. The van der Waals surface area contributed by atoms with Gasteiger partial charge in [0.15, 0.2) is 0 Å². The van der Waals surface area contributed by atoms with Crippen LogP contribution in [0.4, 0.5) is 28.4 Å². The van der Waals surface area contributed by atoms with Crippen LogP contribution < -0.4 is 9.80 Å². The number of allylic oxidation sites excluding steroid dienone is 4. The summed E-state index contributed by atoms with van der Waals surface area (Å²) >= 11 is 0. The van der Waals surface area contributed by atoms with E-state index >= 15 is 0 Å². The Morgan fingerprint density at radius 1 is 0.434 bits per heavy atom. The van der Waals surface area contributed by atoms with E-state index in [0.29, 0.717) is 0 Å². The summed E-state index contributed by atoms with van der Waals surface area (Å²) in [5.41, 5.74) is 18.5. The molecule has 0 spiro atoms. The Morgan fingerprint density at radius 3 is 1.43 bits per heavy atom. The van der Waals surface area contributed by atoms with Crippen LogP contribution in [0, 0.1) is 13.8 Å². The molecule has 0 aliphatic heterocycles. The lowest BCUT2D eigenvalue weighted by molar-refractivity contribution is 0.747. The van der Waals surface area contributed by atoms with Crippen molar-refractivity contribution in [3.05, 3.63) is 198 Å². The molecule has 6 aromatic carbocycles. The predicted molar refractivity (Wildman–Crippen MR) is 227 cm³/mol. The summed E-state index contributed by atoms with van der Waals surface area (Å²) in [6, 6.07) is 51.6. The monoisotopic (exact) mass is 688 g/mol. The van der Waals surface area contributed by atoms with Gasteiger partial charge in [-0.05, 0) is 164 Å². The summed E-state index contributed by atoms with van der Waals surface area (Å²) in [7, 11) is 0. The molecule has 6 aromatic rings. The molecule has 262 valence electrons. The van der Waals surface area contributed by atoms with E-state index in [1.54, 1.807) is 0 Å². The average molecular weight is 689 g/mol. The van der Waals surface area contributed by atoms with Gasteiger partial charge in [0.05, 0.1) is 0 Å². The van der Waals surface area contributed by atoms with Gasteiger partial charge in [-0.3, -0.25) is 0 Å². The third kappa shape index (κ3) is 7.55. The maximum absolute atomic E-state index is 4.54. The second-order valence-corrected chi connectivity index (χ2v) is 14.6. The first-order chi connectivity index (χ1) is 26.0. The molecule has 0 heterocycles. The highest BCUT2D eigenvalue weighted by Crippen LogP contribution is 2.39. The van der Waals surface area contributed by atoms with Crippen molar-refractivity contribution < 1.29 is 0 Å². The topological polar surface area (TPSA) is 6.48 Å². The van der Waals surface area contributed by atoms with E-state index in [1.807, 2.05) is 0 Å². The van der Waals surface area contributed by atoms with Crippen LogP contribution in [0.1, 0.15) is 54.4 Å². The molecule has 0 atom stereocenters. The zero-order valence-corrected chi connectivity index (χ0v) is 31.1. The van der Waals surface area contributed by atoms with Crippen molar-refractivity contribution in [2.45, 2.75) is 58.8 Å². The van der Waals surface area contributed by atoms with Crippen molar-refractivity contribution in [2.75, 3.05) is 9.80 Å². The molecule has 0 amide bonds. The van der Waals surface area contributed by atoms with E-state index in [1.165, 1.54) is 87.1 Å². The van der Waals surface area contributed by atoms with E-state index in [0.717, 1.165) is 42.0 Å². The van der Waals surface area contributed by atoms with Gasteiger partial charge < -0.3 is 9.80 Å². The molecule has 0 unspecified atom stereocenters. The standard InChI is InChI=1S/C51H48N2/c1-37-14-27-46(28-15-37)52(50-35-26-40-11-9-12-45(40)36-50)47-31-22-43(23-32-47)41-18-20-42(21-19-41)44-24-33-49(34-25-44)53(48-29-16-38(2)17-30-48)51-13-8-6-4-5-7-10-39(51)3/h6,8,13-36H,3-5,7,9-12H2,1-2H3/b8-6-,51-13+. The Balaban J connectivity index is 1.05. The van der Waals surface area contributed by atoms with Gasteiger partial charge >= 0.3 is 0 Å². The van der Waals surface area contributed by atoms with Crippen molar-refractivity contribution in [2.24, 2.45) is 0 Å². The number of hydrogen-bond donors (Lipinski definition) is 0. The Labute approximate surface area is 316 Å². The smallest absolute Gasteiger partial charge is 0.0487 e. The van der Waals surface area contributed by atoms with Gasteiger partial charge in [0.1, 0.15) is 0 Å². The van der Waals surface area contributed by atoms with Crippen LogP contribution in [0.2, 0.25) is 0 Å². The maximum atomic E-state index is 4.54. The number of nitrogens with zero attached hydrogens (tertiary/aromatic N) is 2. The molecule has 8 rings (SSSR count). The molecule has 53 heavy (non-hydrogen) atoms. The fourth-order valence-corrected chi connectivity index (χ4v) is 7.76. The zero-order chi connectivity index (χ0) is 36.1. The maximum Gasteiger partial charge on any atom is 0.0487 e. The van der Waals surface area contributed by atoms with Crippen LogP contribution in [0.25, 0.3) is 22.3 Å². The minimum atomic E-state index is 1.00. The minimum Gasteiger partial charge on any atom is -0.310 e. The fraction of sp³-hybridized carbons (Fsp3) is 0.176. The minimum absolute atomic E-state index is 1.00. The van der Waals surface area contributed by atoms with Crippen molar-refractivity contribution in [1.82, 2.24) is 0 Å². The first-order valence-electron chi connectivity index (χ1n) is 19.2. The second-order valence-electron chi connectivity index (χ2n) is 14.6. The van der Waals surface area contributed by atoms with Gasteiger partial charge in [0, 0.05) is 34.1 Å². The summed E-state index contributed by atoms with van der Waals surface area (Å²) in [6.45, 7) is 8.82. The molecule has 0 saturated carbocycles. The highest BCUT2D eigenvalue weighted by Gasteiger charge is 2.19. The second kappa shape index (κ2) is 15.4. The highest BCUT2D eigenvalue weighted by atomic mass is 15.2. The quantitative estimate of drug-likeness (QED) is 0.157. The van der Waals surface area contributed by atoms with Gasteiger partial charge in [-0.1, -0.05) is 109 Å². The average Bonchev–Trinajstić information content (AvgIpc) is 3.70. The van der Waals surface area contributed by atoms with Crippen molar-refractivity contribution in [1.29, 1.82) is 0 Å². The van der Waals surface area contributed by atoms with Crippen molar-refractivity contribution in [3.8, 4) is 22.3 Å². The Kier molecular flexibility index (Phi) is 9.95. The molecule has 0 fully saturated rings. The van der Waals surface area contributed by atoms with Crippen LogP contribution >= 0.6 is 0 Å². The summed E-state index contributed by atoms with van der Waals surface area (Å²) in [4.78, 5) is 4.74. The Morgan fingerprint density at radius 2 is 0.887 bits per heavy atom. The van der Waals surface area contributed by atoms with Crippen LogP contribution in [0.5, 0.6) is 0 Å². The van der Waals surface area contributed by atoms with Crippen molar-refractivity contribution >= 4 is 28.4 Å². The Hall–Kier alpha value is -5.86. The van der Waals surface area contributed by atoms with Crippen LogP contribution in [0.3, 0.4) is 0 Å². The van der Waals surface area contributed by atoms with Gasteiger partial charge in [0.2, 0.25) is 0 Å². The van der Waals surface area contributed by atoms with Crippen LogP contribution in [-0.2, 0) is 12.8 Å². The molecule has 0 N–H and O–H groups in total. The summed E-state index contributed by atoms with van der Waals surface area (Å²) in [5, 5.41) is 0. The van der Waals surface area contributed by atoms with Crippen molar-refractivity contribution in [3.63, 3.8) is 0 Å². The molecule has 0 bridgehead atoms. The molecule has 2 nitrogen and oxygen atoms in total. The number of benzene rings is 6. The third-order valence-corrected chi connectivity index (χ3v) is 10.8. The number of aryl methyl sites for hydroxylation is 4. The molecular formula is C51H48N2. The van der Waals surface area contributed by atoms with E-state index in [2.05, 4.69) is 188 Å². The summed E-state index contributed by atoms with van der Waals surface area (Å²) < 4.78 is 0. The van der Waals surface area contributed by atoms with Crippen LogP contribution in [0.15, 0.2) is 176 Å². The largest absolute Gasteiger partial charge is 0.310 e. The zero-order valence-electron chi connectivity index (χ0n) is 31.1. The fourth-order valence-electron chi connectivity index (χ4n) is 7.76. The molecule has 0 aromatic heterocycles. The van der Waals surface area contributed by atoms with Gasteiger partial charge in [-0.2, -0.15) is 0 Å². The van der Waals surface area contributed by atoms with E-state index in [9.17, 15) is 0 Å². The molecular weight excluding hydrogens is 641 g/mol. The van der Waals surface area contributed by atoms with Crippen LogP contribution in [-0.4, -0.2) is 0 Å². The molecule has 0 radical (unpaired) electrons. The van der Waals surface area contributed by atoms with Gasteiger partial charge in [0.25, 0.3) is 0 Å². The molecule has 0 saturated heterocycles. The first-order valence-corrected chi connectivity index (χ1v) is 19.2. The molecule has 2 aliphatic rings. The first kappa shape index (κ1) is 34.2. The third-order valence-electron chi connectivity index (χ3n) is 10.8. The van der Waals surface area contributed by atoms with E-state index in [4.69, 9.17) is 0 Å². The summed E-state index contributed by atoms with van der Waals surface area (Å²) in [6.07, 6.45) is 14.8.